The van der Waals surface area contributed by atoms with Crippen molar-refractivity contribution in [2.24, 2.45) is 0 Å². The summed E-state index contributed by atoms with van der Waals surface area (Å²) < 4.78 is 46.4. The van der Waals surface area contributed by atoms with Gasteiger partial charge in [-0.05, 0) is 51.8 Å². The summed E-state index contributed by atoms with van der Waals surface area (Å²) in [6.45, 7) is 7.10. The van der Waals surface area contributed by atoms with Crippen LogP contribution >= 0.6 is 0 Å². The summed E-state index contributed by atoms with van der Waals surface area (Å²) in [7, 11) is 0. The second-order valence-electron chi connectivity index (χ2n) is 7.28. The molecule has 0 aliphatic carbocycles. The van der Waals surface area contributed by atoms with E-state index >= 15 is 0 Å². The zero-order valence-corrected chi connectivity index (χ0v) is 15.8. The maximum absolute atomic E-state index is 13.5. The molecule has 1 N–H and O–H groups in total. The Kier molecular flexibility index (Phi) is 4.66. The second-order valence-corrected chi connectivity index (χ2v) is 7.28. The van der Waals surface area contributed by atoms with Crippen molar-refractivity contribution in [2.45, 2.75) is 52.3 Å². The number of carbonyl (C=O) groups excluding carboxylic acids is 1. The summed E-state index contributed by atoms with van der Waals surface area (Å²) in [6.07, 6.45) is -3.60. The first-order valence-electron chi connectivity index (χ1n) is 8.90. The van der Waals surface area contributed by atoms with Gasteiger partial charge in [-0.15, -0.1) is 0 Å². The Morgan fingerprint density at radius 1 is 1.33 bits per heavy atom. The molecule has 148 valence electrons. The molecule has 0 bridgehead atoms. The van der Waals surface area contributed by atoms with Gasteiger partial charge in [-0.3, -0.25) is 15.1 Å². The molecule has 0 saturated carbocycles. The van der Waals surface area contributed by atoms with E-state index in [0.717, 1.165) is 11.1 Å². The molecule has 1 aromatic rings. The van der Waals surface area contributed by atoms with Gasteiger partial charge >= 0.3 is 6.18 Å². The minimum absolute atomic E-state index is 0.0211. The van der Waals surface area contributed by atoms with E-state index in [1.807, 2.05) is 0 Å². The molecule has 5 nitrogen and oxygen atoms in total. The molecule has 1 fully saturated rings. The highest BCUT2D eigenvalue weighted by Gasteiger charge is 2.44. The number of amides is 1. The van der Waals surface area contributed by atoms with Gasteiger partial charge in [0.1, 0.15) is 17.0 Å². The third-order valence-corrected chi connectivity index (χ3v) is 5.03. The van der Waals surface area contributed by atoms with Crippen LogP contribution in [0.15, 0.2) is 17.8 Å². The maximum Gasteiger partial charge on any atom is 0.416 e. The zero-order chi connectivity index (χ0) is 20.1. The number of ether oxygens (including phenoxy) is 1. The van der Waals surface area contributed by atoms with E-state index in [4.69, 9.17) is 4.74 Å². The fraction of sp³-hybridized carbons (Fsp3) is 0.526. The van der Waals surface area contributed by atoms with E-state index in [-0.39, 0.29) is 35.0 Å². The molecule has 0 radical (unpaired) electrons. The third-order valence-electron chi connectivity index (χ3n) is 5.03. The number of hydrogen-bond donors (Lipinski definition) is 1. The van der Waals surface area contributed by atoms with Gasteiger partial charge in [0.15, 0.2) is 0 Å². The van der Waals surface area contributed by atoms with Crippen LogP contribution in [0.25, 0.3) is 5.70 Å². The van der Waals surface area contributed by atoms with Crippen LogP contribution < -0.4 is 4.74 Å². The first kappa shape index (κ1) is 19.5. The van der Waals surface area contributed by atoms with Gasteiger partial charge in [0.25, 0.3) is 0 Å². The number of hydroxylamine groups is 2. The van der Waals surface area contributed by atoms with Crippen molar-refractivity contribution >= 4 is 11.6 Å². The number of halogens is 3. The van der Waals surface area contributed by atoms with Crippen molar-refractivity contribution < 1.29 is 27.9 Å². The van der Waals surface area contributed by atoms with E-state index in [0.29, 0.717) is 25.1 Å². The van der Waals surface area contributed by atoms with Crippen molar-refractivity contribution in [1.82, 2.24) is 9.96 Å². The number of fused-ring (bicyclic) bond motifs is 1. The summed E-state index contributed by atoms with van der Waals surface area (Å²) >= 11 is 0. The lowest BCUT2D eigenvalue weighted by molar-refractivity contribution is -0.138. The van der Waals surface area contributed by atoms with E-state index < -0.39 is 17.3 Å². The molecule has 1 aromatic carbocycles. The first-order chi connectivity index (χ1) is 12.5. The van der Waals surface area contributed by atoms with Gasteiger partial charge in [0.05, 0.1) is 11.3 Å². The summed E-state index contributed by atoms with van der Waals surface area (Å²) in [5.74, 6) is 0.0981. The number of rotatable bonds is 3. The van der Waals surface area contributed by atoms with E-state index in [1.54, 1.807) is 20.8 Å². The average molecular weight is 384 g/mol. The number of carbonyl (C=O) groups is 1. The van der Waals surface area contributed by atoms with Crippen LogP contribution in [-0.2, 0) is 11.0 Å². The first-order valence-corrected chi connectivity index (χ1v) is 8.90. The van der Waals surface area contributed by atoms with Gasteiger partial charge in [-0.25, -0.2) is 0 Å². The quantitative estimate of drug-likeness (QED) is 0.794. The maximum atomic E-state index is 13.5. The van der Waals surface area contributed by atoms with Gasteiger partial charge in [0, 0.05) is 25.1 Å². The van der Waals surface area contributed by atoms with Gasteiger partial charge < -0.3 is 9.64 Å². The van der Waals surface area contributed by atoms with Gasteiger partial charge in [-0.1, -0.05) is 0 Å². The standard InChI is InChI=1S/C19H23F3N2O3/c1-5-24(26)17-16(23-10-6-7-14(23)25)15-11(2)12(19(20,21)22)8-9-13(15)27-18(17,3)4/h8-9,26H,5-7,10H2,1-4H3. The van der Waals surface area contributed by atoms with Crippen molar-refractivity contribution in [1.29, 1.82) is 0 Å². The topological polar surface area (TPSA) is 53.0 Å². The van der Waals surface area contributed by atoms with Crippen LogP contribution in [0.2, 0.25) is 0 Å². The molecule has 27 heavy (non-hydrogen) atoms. The minimum atomic E-state index is -4.53. The van der Waals surface area contributed by atoms with Crippen LogP contribution in [0, 0.1) is 6.92 Å². The Bertz CT molecular complexity index is 815. The normalized spacial score (nSPS) is 19.3. The predicted molar refractivity (Wildman–Crippen MR) is 92.9 cm³/mol. The number of benzene rings is 1. The Balaban J connectivity index is 2.37. The van der Waals surface area contributed by atoms with E-state index in [9.17, 15) is 23.2 Å². The highest BCUT2D eigenvalue weighted by atomic mass is 19.4. The van der Waals surface area contributed by atoms with Crippen LogP contribution in [-0.4, -0.2) is 39.8 Å². The lowest BCUT2D eigenvalue weighted by atomic mass is 9.89. The van der Waals surface area contributed by atoms with Crippen LogP contribution in [0.3, 0.4) is 0 Å². The lowest BCUT2D eigenvalue weighted by Crippen LogP contribution is -2.45. The predicted octanol–water partition coefficient (Wildman–Crippen LogP) is 4.19. The summed E-state index contributed by atoms with van der Waals surface area (Å²) in [4.78, 5) is 13.9. The Morgan fingerprint density at radius 2 is 2.00 bits per heavy atom. The number of likely N-dealkylation sites (tertiary alicyclic amines) is 1. The molecule has 2 heterocycles. The smallest absolute Gasteiger partial charge is 0.416 e. The molecule has 8 heteroatoms. The fourth-order valence-corrected chi connectivity index (χ4v) is 3.84. The molecule has 0 spiro atoms. The molecule has 2 aliphatic rings. The summed E-state index contributed by atoms with van der Waals surface area (Å²) in [6, 6.07) is 2.28. The van der Waals surface area contributed by atoms with Gasteiger partial charge in [0.2, 0.25) is 5.91 Å². The number of alkyl halides is 3. The van der Waals surface area contributed by atoms with E-state index in [2.05, 4.69) is 0 Å². The number of likely N-dealkylation sites (N-methyl/N-ethyl adjacent to an activating group) is 1. The SMILES string of the molecule is CCN(O)C1=C(N2CCCC2=O)c2c(ccc(C(F)(F)F)c2C)OC1(C)C. The molecular formula is C19H23F3N2O3. The molecular weight excluding hydrogens is 361 g/mol. The Labute approximate surface area is 156 Å². The van der Waals surface area contributed by atoms with Crippen molar-refractivity contribution in [2.75, 3.05) is 13.1 Å². The highest BCUT2D eigenvalue weighted by molar-refractivity contribution is 5.92. The number of nitrogens with zero attached hydrogens (tertiary/aromatic N) is 2. The molecule has 0 aromatic heterocycles. The molecule has 1 saturated heterocycles. The van der Waals surface area contributed by atoms with Crippen LogP contribution in [0.1, 0.15) is 50.3 Å². The van der Waals surface area contributed by atoms with Crippen molar-refractivity contribution in [3.63, 3.8) is 0 Å². The summed E-state index contributed by atoms with van der Waals surface area (Å²) in [5.41, 5.74) is -1.03. The highest BCUT2D eigenvalue weighted by Crippen LogP contribution is 2.48. The van der Waals surface area contributed by atoms with Gasteiger partial charge in [-0.2, -0.15) is 13.2 Å². The monoisotopic (exact) mass is 384 g/mol. The minimum Gasteiger partial charge on any atom is -0.481 e. The molecule has 2 aliphatic heterocycles. The second kappa shape index (κ2) is 6.44. The molecule has 0 atom stereocenters. The van der Waals surface area contributed by atoms with Crippen molar-refractivity contribution in [3.05, 3.63) is 34.5 Å². The average Bonchev–Trinajstić information content (AvgIpc) is 2.97. The largest absolute Gasteiger partial charge is 0.481 e. The summed E-state index contributed by atoms with van der Waals surface area (Å²) in [5, 5.41) is 11.5. The van der Waals surface area contributed by atoms with E-state index in [1.165, 1.54) is 17.9 Å². The molecule has 1 amide bonds. The number of hydrogen-bond acceptors (Lipinski definition) is 4. The van der Waals surface area contributed by atoms with Crippen LogP contribution in [0.5, 0.6) is 5.75 Å². The Hall–Kier alpha value is -2.22. The van der Waals surface area contributed by atoms with Crippen molar-refractivity contribution in [3.8, 4) is 5.75 Å². The third kappa shape index (κ3) is 3.16. The molecule has 0 unspecified atom stereocenters. The fourth-order valence-electron chi connectivity index (χ4n) is 3.84. The zero-order valence-electron chi connectivity index (χ0n) is 15.8. The molecule has 3 rings (SSSR count). The Morgan fingerprint density at radius 3 is 2.52 bits per heavy atom. The lowest BCUT2D eigenvalue weighted by Gasteiger charge is -2.42. The van der Waals surface area contributed by atoms with Crippen LogP contribution in [0.4, 0.5) is 13.2 Å².